The molecular weight excluding hydrogens is 371 g/mol. The average molecular weight is 379 g/mol. The van der Waals surface area contributed by atoms with Crippen molar-refractivity contribution >= 4 is 71.8 Å². The van der Waals surface area contributed by atoms with Gasteiger partial charge in [0.1, 0.15) is 9.23 Å². The Morgan fingerprint density at radius 3 is 2.62 bits per heavy atom. The maximum Gasteiger partial charge on any atom is 0.264 e. The fourth-order valence-corrected chi connectivity index (χ4v) is 5.89. The number of nitrogens with one attached hydrogen (secondary N) is 1. The lowest BCUT2D eigenvalue weighted by molar-refractivity contribution is 0.601. The van der Waals surface area contributed by atoms with Gasteiger partial charge in [-0.1, -0.05) is 23.2 Å². The van der Waals surface area contributed by atoms with E-state index in [4.69, 9.17) is 23.2 Å². The molecule has 1 aromatic carbocycles. The Balaban J connectivity index is 1.98. The van der Waals surface area contributed by atoms with E-state index in [9.17, 15) is 8.42 Å². The van der Waals surface area contributed by atoms with Crippen molar-refractivity contribution < 1.29 is 8.42 Å². The molecule has 2 aromatic heterocycles. The standard InChI is InChI=1S/C12H8Cl2N2O2S3/c1-6-15-8-3-2-7(4-9(8)19-6)16-21(17,18)10-5-11(13)20-12(10)14/h2-5,16H,1H3. The molecule has 3 rings (SSSR count). The first kappa shape index (κ1) is 15.1. The minimum absolute atomic E-state index is 0.0141. The predicted molar refractivity (Wildman–Crippen MR) is 89.5 cm³/mol. The van der Waals surface area contributed by atoms with E-state index in [0.717, 1.165) is 26.6 Å². The minimum atomic E-state index is -3.76. The van der Waals surface area contributed by atoms with E-state index < -0.39 is 10.0 Å². The lowest BCUT2D eigenvalue weighted by atomic mass is 10.3. The van der Waals surface area contributed by atoms with Crippen molar-refractivity contribution in [1.29, 1.82) is 0 Å². The van der Waals surface area contributed by atoms with Crippen molar-refractivity contribution in [3.63, 3.8) is 0 Å². The van der Waals surface area contributed by atoms with Crippen LogP contribution in [0.15, 0.2) is 29.2 Å². The number of thiophene rings is 1. The highest BCUT2D eigenvalue weighted by molar-refractivity contribution is 7.93. The lowest BCUT2D eigenvalue weighted by Crippen LogP contribution is -2.12. The van der Waals surface area contributed by atoms with E-state index in [-0.39, 0.29) is 9.23 Å². The van der Waals surface area contributed by atoms with E-state index in [2.05, 4.69) is 9.71 Å². The minimum Gasteiger partial charge on any atom is -0.280 e. The van der Waals surface area contributed by atoms with Gasteiger partial charge in [0.05, 0.1) is 25.2 Å². The van der Waals surface area contributed by atoms with Crippen molar-refractivity contribution in [2.75, 3.05) is 4.72 Å². The monoisotopic (exact) mass is 378 g/mol. The highest BCUT2D eigenvalue weighted by atomic mass is 35.5. The molecule has 110 valence electrons. The molecule has 1 N–H and O–H groups in total. The van der Waals surface area contributed by atoms with Gasteiger partial charge in [-0.15, -0.1) is 22.7 Å². The van der Waals surface area contributed by atoms with Gasteiger partial charge < -0.3 is 0 Å². The van der Waals surface area contributed by atoms with E-state index in [1.165, 1.54) is 17.4 Å². The van der Waals surface area contributed by atoms with E-state index in [0.29, 0.717) is 10.0 Å². The summed E-state index contributed by atoms with van der Waals surface area (Å²) in [4.78, 5) is 4.32. The quantitative estimate of drug-likeness (QED) is 0.713. The molecule has 0 atom stereocenters. The number of sulfonamides is 1. The highest BCUT2D eigenvalue weighted by Crippen LogP contribution is 2.35. The van der Waals surface area contributed by atoms with Crippen LogP contribution >= 0.6 is 45.9 Å². The van der Waals surface area contributed by atoms with Crippen molar-refractivity contribution in [1.82, 2.24) is 4.98 Å². The van der Waals surface area contributed by atoms with Gasteiger partial charge in [0.25, 0.3) is 10.0 Å². The molecule has 0 aliphatic heterocycles. The molecule has 0 fully saturated rings. The Bertz CT molecular complexity index is 931. The van der Waals surface area contributed by atoms with Crippen LogP contribution in [0, 0.1) is 6.92 Å². The van der Waals surface area contributed by atoms with Crippen LogP contribution in [0.3, 0.4) is 0 Å². The number of rotatable bonds is 3. The molecular formula is C12H8Cl2N2O2S3. The zero-order chi connectivity index (χ0) is 15.2. The summed E-state index contributed by atoms with van der Waals surface area (Å²) in [6.07, 6.45) is 0. The van der Waals surface area contributed by atoms with Crippen LogP contribution < -0.4 is 4.72 Å². The van der Waals surface area contributed by atoms with Crippen LogP contribution in [0.25, 0.3) is 10.2 Å². The Labute approximate surface area is 139 Å². The molecule has 9 heteroatoms. The number of halogens is 2. The third-order valence-corrected chi connectivity index (χ3v) is 6.73. The zero-order valence-corrected chi connectivity index (χ0v) is 14.5. The largest absolute Gasteiger partial charge is 0.280 e. The molecule has 0 saturated heterocycles. The summed E-state index contributed by atoms with van der Waals surface area (Å²) in [5.41, 5.74) is 1.31. The summed E-state index contributed by atoms with van der Waals surface area (Å²) in [6.45, 7) is 1.90. The van der Waals surface area contributed by atoms with E-state index >= 15 is 0 Å². The summed E-state index contributed by atoms with van der Waals surface area (Å²) in [5, 5.41) is 0.928. The topological polar surface area (TPSA) is 59.1 Å². The Hall–Kier alpha value is -0.860. The first-order valence-corrected chi connectivity index (χ1v) is 9.57. The average Bonchev–Trinajstić information content (AvgIpc) is 2.90. The maximum atomic E-state index is 12.3. The predicted octanol–water partition coefficient (Wildman–Crippen LogP) is 4.77. The number of thiazole rings is 1. The highest BCUT2D eigenvalue weighted by Gasteiger charge is 2.21. The van der Waals surface area contributed by atoms with Gasteiger partial charge >= 0.3 is 0 Å². The molecule has 0 radical (unpaired) electrons. The molecule has 21 heavy (non-hydrogen) atoms. The second-order valence-corrected chi connectivity index (χ2v) is 9.38. The Morgan fingerprint density at radius 2 is 1.95 bits per heavy atom. The van der Waals surface area contributed by atoms with Crippen LogP contribution in [0.5, 0.6) is 0 Å². The van der Waals surface area contributed by atoms with Crippen LogP contribution in [-0.4, -0.2) is 13.4 Å². The van der Waals surface area contributed by atoms with E-state index in [1.54, 1.807) is 18.2 Å². The van der Waals surface area contributed by atoms with Crippen molar-refractivity contribution in [3.8, 4) is 0 Å². The number of hydrogen-bond donors (Lipinski definition) is 1. The first-order valence-electron chi connectivity index (χ1n) is 5.70. The fraction of sp³-hybridized carbons (Fsp3) is 0.0833. The molecule has 0 amide bonds. The van der Waals surface area contributed by atoms with E-state index in [1.807, 2.05) is 6.92 Å². The molecule has 0 unspecified atom stereocenters. The zero-order valence-electron chi connectivity index (χ0n) is 10.6. The number of aromatic nitrogens is 1. The summed E-state index contributed by atoms with van der Waals surface area (Å²) in [6, 6.07) is 6.53. The first-order chi connectivity index (χ1) is 9.85. The summed E-state index contributed by atoms with van der Waals surface area (Å²) >= 11 is 14.2. The van der Waals surface area contributed by atoms with Crippen LogP contribution in [-0.2, 0) is 10.0 Å². The maximum absolute atomic E-state index is 12.3. The second kappa shape index (κ2) is 5.40. The van der Waals surface area contributed by atoms with Gasteiger partial charge in [0, 0.05) is 0 Å². The number of benzene rings is 1. The van der Waals surface area contributed by atoms with Gasteiger partial charge in [-0.2, -0.15) is 0 Å². The third kappa shape index (κ3) is 3.02. The smallest absolute Gasteiger partial charge is 0.264 e. The summed E-state index contributed by atoms with van der Waals surface area (Å²) in [7, 11) is -3.76. The van der Waals surface area contributed by atoms with Crippen LogP contribution in [0.4, 0.5) is 5.69 Å². The third-order valence-electron chi connectivity index (χ3n) is 2.66. The summed E-state index contributed by atoms with van der Waals surface area (Å²) < 4.78 is 28.5. The van der Waals surface area contributed by atoms with Crippen LogP contribution in [0.2, 0.25) is 8.67 Å². The van der Waals surface area contributed by atoms with Crippen LogP contribution in [0.1, 0.15) is 5.01 Å². The number of aryl methyl sites for hydroxylation is 1. The molecule has 0 bridgehead atoms. The van der Waals surface area contributed by atoms with Gasteiger partial charge in [-0.05, 0) is 31.2 Å². The van der Waals surface area contributed by atoms with Crippen molar-refractivity contribution in [2.24, 2.45) is 0 Å². The number of anilines is 1. The molecule has 2 heterocycles. The van der Waals surface area contributed by atoms with Crippen molar-refractivity contribution in [3.05, 3.63) is 37.9 Å². The van der Waals surface area contributed by atoms with Gasteiger partial charge in [-0.25, -0.2) is 13.4 Å². The summed E-state index contributed by atoms with van der Waals surface area (Å²) in [5.74, 6) is 0. The molecule has 0 saturated carbocycles. The fourth-order valence-electron chi connectivity index (χ4n) is 1.82. The van der Waals surface area contributed by atoms with Crippen molar-refractivity contribution in [2.45, 2.75) is 11.8 Å². The van der Waals surface area contributed by atoms with Gasteiger partial charge in [0.2, 0.25) is 0 Å². The number of nitrogens with zero attached hydrogens (tertiary/aromatic N) is 1. The SMILES string of the molecule is Cc1nc2ccc(NS(=O)(=O)c3cc(Cl)sc3Cl)cc2s1. The van der Waals surface area contributed by atoms with Gasteiger partial charge in [-0.3, -0.25) is 4.72 Å². The number of hydrogen-bond acceptors (Lipinski definition) is 5. The molecule has 0 spiro atoms. The Kier molecular flexibility index (Phi) is 3.87. The second-order valence-electron chi connectivity index (χ2n) is 4.21. The molecule has 4 nitrogen and oxygen atoms in total. The molecule has 3 aromatic rings. The lowest BCUT2D eigenvalue weighted by Gasteiger charge is -2.06. The molecule has 0 aliphatic carbocycles. The van der Waals surface area contributed by atoms with Gasteiger partial charge in [0.15, 0.2) is 0 Å². The number of fused-ring (bicyclic) bond motifs is 1. The molecule has 0 aliphatic rings. The normalized spacial score (nSPS) is 12.0. The Morgan fingerprint density at radius 1 is 1.19 bits per heavy atom.